The number of sulfone groups is 1. The Bertz CT molecular complexity index is 1720. The van der Waals surface area contributed by atoms with Gasteiger partial charge >= 0.3 is 12.1 Å². The van der Waals surface area contributed by atoms with E-state index in [4.69, 9.17) is 9.47 Å². The molecule has 2 aliphatic heterocycles. The number of ether oxygens (including phenoxy) is 2. The number of aromatic nitrogens is 2. The van der Waals surface area contributed by atoms with E-state index in [0.29, 0.717) is 15.5 Å². The summed E-state index contributed by atoms with van der Waals surface area (Å²) >= 11 is 1.03. The van der Waals surface area contributed by atoms with Crippen LogP contribution >= 0.6 is 11.3 Å². The molecule has 0 bridgehead atoms. The van der Waals surface area contributed by atoms with Gasteiger partial charge in [0.1, 0.15) is 22.6 Å². The van der Waals surface area contributed by atoms with Crippen molar-refractivity contribution in [1.82, 2.24) is 14.3 Å². The van der Waals surface area contributed by atoms with Crippen LogP contribution in [-0.4, -0.2) is 76.0 Å². The lowest BCUT2D eigenvalue weighted by atomic mass is 9.66. The van der Waals surface area contributed by atoms with Crippen LogP contribution in [0.1, 0.15) is 36.3 Å². The monoisotopic (exact) mass is 603 g/mol. The average molecular weight is 604 g/mol. The predicted molar refractivity (Wildman–Crippen MR) is 147 cm³/mol. The number of fused-ring (bicyclic) bond motifs is 2. The van der Waals surface area contributed by atoms with Gasteiger partial charge in [-0.15, -0.1) is 11.3 Å². The molecule has 2 aliphatic rings. The number of para-hydroxylation sites is 1. The normalized spacial score (nSPS) is 23.0. The maximum absolute atomic E-state index is 13.1. The quantitative estimate of drug-likeness (QED) is 0.222. The molecule has 4 heterocycles. The number of rotatable bonds is 8. The van der Waals surface area contributed by atoms with Gasteiger partial charge in [-0.05, 0) is 38.3 Å². The molecule has 2 N–H and O–H groups in total. The summed E-state index contributed by atoms with van der Waals surface area (Å²) in [5.74, 6) is -2.37. The number of aliphatic hydroxyl groups excluding tert-OH is 1. The van der Waals surface area contributed by atoms with Crippen LogP contribution in [0.3, 0.4) is 0 Å². The van der Waals surface area contributed by atoms with E-state index in [1.54, 1.807) is 39.1 Å². The highest BCUT2D eigenvalue weighted by atomic mass is 32.2. The fourth-order valence-corrected chi connectivity index (χ4v) is 8.29. The number of benzene rings is 1. The van der Waals surface area contributed by atoms with Crippen LogP contribution in [-0.2, 0) is 24.2 Å². The third kappa shape index (κ3) is 4.59. The van der Waals surface area contributed by atoms with E-state index in [-0.39, 0.29) is 29.3 Å². The molecule has 0 saturated carbocycles. The highest BCUT2D eigenvalue weighted by molar-refractivity contribution is 7.91. The Morgan fingerprint density at radius 3 is 2.49 bits per heavy atom. The van der Waals surface area contributed by atoms with Gasteiger partial charge in [0.15, 0.2) is 14.9 Å². The van der Waals surface area contributed by atoms with Crippen molar-refractivity contribution < 1.29 is 42.5 Å². The number of amides is 1. The van der Waals surface area contributed by atoms with Gasteiger partial charge in [0.2, 0.25) is 5.91 Å². The first-order valence-electron chi connectivity index (χ1n) is 12.7. The Kier molecular flexibility index (Phi) is 6.99. The van der Waals surface area contributed by atoms with Crippen molar-refractivity contribution in [2.75, 3.05) is 12.9 Å². The van der Waals surface area contributed by atoms with E-state index >= 15 is 0 Å². The topological polar surface area (TPSA) is 165 Å². The molecule has 14 heteroatoms. The molecular weight excluding hydrogens is 574 g/mol. The van der Waals surface area contributed by atoms with Gasteiger partial charge in [-0.3, -0.25) is 9.20 Å². The number of hydrogen-bond acceptors (Lipinski definition) is 10. The minimum atomic E-state index is -3.67. The zero-order chi connectivity index (χ0) is 30.0. The molecule has 1 aromatic carbocycles. The maximum atomic E-state index is 13.1. The van der Waals surface area contributed by atoms with Crippen molar-refractivity contribution in [3.63, 3.8) is 0 Å². The summed E-state index contributed by atoms with van der Waals surface area (Å²) in [4.78, 5) is 44.1. The van der Waals surface area contributed by atoms with Crippen LogP contribution in [0.2, 0.25) is 0 Å². The van der Waals surface area contributed by atoms with Gasteiger partial charge in [-0.2, -0.15) is 0 Å². The Morgan fingerprint density at radius 2 is 1.90 bits per heavy atom. The predicted octanol–water partition coefficient (Wildman–Crippen LogP) is 3.05. The largest absolute Gasteiger partial charge is 0.513 e. The van der Waals surface area contributed by atoms with E-state index in [0.717, 1.165) is 28.7 Å². The molecule has 2 aromatic heterocycles. The second-order valence-corrected chi connectivity index (χ2v) is 13.6. The molecule has 4 atom stereocenters. The molecular formula is C27H29N3O9S2. The molecule has 218 valence electrons. The number of carboxylic acids is 1. The Labute approximate surface area is 239 Å². The number of carbonyl (C=O) groups excluding carboxylic acids is 2. The number of thiazole rings is 1. The second kappa shape index (κ2) is 9.96. The SMILES string of the molecule is Cc1cccc(C)c1OC(=O)OCC[C@@]1(C)C(c2cn3cnc(S(C)(=O)=O)c3s2)=C(C(=O)O)N2C(=O)[C@H](C(C)O)[C@@H]21. The van der Waals surface area contributed by atoms with E-state index in [1.807, 2.05) is 6.07 Å². The molecule has 0 radical (unpaired) electrons. The summed E-state index contributed by atoms with van der Waals surface area (Å²) in [5, 5.41) is 20.5. The first kappa shape index (κ1) is 28.8. The summed E-state index contributed by atoms with van der Waals surface area (Å²) in [6.45, 7) is 6.64. The average Bonchev–Trinajstić information content (AvgIpc) is 3.49. The zero-order valence-electron chi connectivity index (χ0n) is 22.9. The van der Waals surface area contributed by atoms with Crippen LogP contribution in [0.5, 0.6) is 5.75 Å². The lowest BCUT2D eigenvalue weighted by molar-refractivity contribution is -0.167. The summed E-state index contributed by atoms with van der Waals surface area (Å²) in [6.07, 6.45) is 2.01. The first-order valence-corrected chi connectivity index (χ1v) is 15.4. The molecule has 3 aromatic rings. The van der Waals surface area contributed by atoms with Gasteiger partial charge in [-0.1, -0.05) is 25.1 Å². The number of β-lactam (4-membered cyclic amide) rings is 1. The van der Waals surface area contributed by atoms with Gasteiger partial charge in [0, 0.05) is 23.4 Å². The summed E-state index contributed by atoms with van der Waals surface area (Å²) in [7, 11) is -3.67. The smallest absolute Gasteiger partial charge is 0.477 e. The zero-order valence-corrected chi connectivity index (χ0v) is 24.6. The molecule has 0 aliphatic carbocycles. The van der Waals surface area contributed by atoms with Crippen molar-refractivity contribution in [1.29, 1.82) is 0 Å². The molecule has 1 amide bonds. The van der Waals surface area contributed by atoms with Crippen LogP contribution in [0, 0.1) is 25.2 Å². The van der Waals surface area contributed by atoms with Crippen molar-refractivity contribution in [3.8, 4) is 5.75 Å². The third-order valence-corrected chi connectivity index (χ3v) is 10.0. The summed E-state index contributed by atoms with van der Waals surface area (Å²) in [5.41, 5.74) is 0.439. The highest BCUT2D eigenvalue weighted by Crippen LogP contribution is 2.60. The minimum absolute atomic E-state index is 0.0859. The van der Waals surface area contributed by atoms with Gasteiger partial charge in [0.25, 0.3) is 0 Å². The number of carbonyl (C=O) groups is 3. The fourth-order valence-electron chi connectivity index (χ4n) is 5.90. The summed E-state index contributed by atoms with van der Waals surface area (Å²) < 4.78 is 36.9. The van der Waals surface area contributed by atoms with Crippen molar-refractivity contribution in [3.05, 3.63) is 52.4 Å². The Balaban J connectivity index is 1.52. The standard InChI is InChI=1S/C27H29N3O9S2/c1-13-7-6-8-14(2)20(13)39-26(35)38-10-9-27(4)18(16-11-29-12-28-22(24(29)40-16)41(5,36)37)19(25(33)34)30-21(27)17(15(3)31)23(30)32/h6-8,11-12,15,17,21,31H,9-10H2,1-5H3,(H,33,34)/t15?,17-,21-,27+/m1/s1. The second-order valence-electron chi connectivity index (χ2n) is 10.7. The van der Waals surface area contributed by atoms with Crippen molar-refractivity contribution in [2.45, 2.75) is 51.3 Å². The van der Waals surface area contributed by atoms with Crippen LogP contribution in [0.15, 0.2) is 41.4 Å². The molecule has 5 rings (SSSR count). The molecule has 12 nitrogen and oxygen atoms in total. The lowest BCUT2D eigenvalue weighted by Gasteiger charge is -2.50. The van der Waals surface area contributed by atoms with E-state index < -0.39 is 51.3 Å². The number of aliphatic hydroxyl groups is 1. The molecule has 1 saturated heterocycles. The Hall–Kier alpha value is -3.75. The highest BCUT2D eigenvalue weighted by Gasteiger charge is 2.66. The minimum Gasteiger partial charge on any atom is -0.477 e. The van der Waals surface area contributed by atoms with E-state index in [2.05, 4.69) is 4.98 Å². The van der Waals surface area contributed by atoms with Crippen molar-refractivity contribution in [2.24, 2.45) is 11.3 Å². The maximum Gasteiger partial charge on any atom is 0.513 e. The van der Waals surface area contributed by atoms with E-state index in [1.165, 1.54) is 22.6 Å². The number of aryl methyl sites for hydroxylation is 2. The van der Waals surface area contributed by atoms with Crippen LogP contribution in [0.4, 0.5) is 4.79 Å². The Morgan fingerprint density at radius 1 is 1.24 bits per heavy atom. The van der Waals surface area contributed by atoms with Gasteiger partial charge in [-0.25, -0.2) is 23.0 Å². The van der Waals surface area contributed by atoms with Gasteiger partial charge in [0.05, 0.1) is 29.5 Å². The number of nitrogens with zero attached hydrogens (tertiary/aromatic N) is 3. The molecule has 41 heavy (non-hydrogen) atoms. The fraction of sp³-hybridized carbons (Fsp3) is 0.407. The van der Waals surface area contributed by atoms with Crippen molar-refractivity contribution >= 4 is 49.6 Å². The number of aliphatic carboxylic acids is 1. The summed E-state index contributed by atoms with van der Waals surface area (Å²) in [6, 6.07) is 4.70. The number of imidazole rings is 1. The van der Waals surface area contributed by atoms with Crippen LogP contribution in [0.25, 0.3) is 10.4 Å². The number of hydrogen-bond donors (Lipinski definition) is 2. The third-order valence-electron chi connectivity index (χ3n) is 7.78. The molecule has 1 unspecified atom stereocenters. The van der Waals surface area contributed by atoms with Crippen LogP contribution < -0.4 is 4.74 Å². The molecule has 1 fully saturated rings. The lowest BCUT2D eigenvalue weighted by Crippen LogP contribution is -2.66. The number of carboxylic acid groups (broad SMARTS) is 1. The van der Waals surface area contributed by atoms with E-state index in [9.17, 15) is 33.0 Å². The first-order chi connectivity index (χ1) is 19.2. The van der Waals surface area contributed by atoms with Gasteiger partial charge < -0.3 is 24.6 Å². The molecule has 0 spiro atoms.